The second-order valence-corrected chi connectivity index (χ2v) is 5.95. The molecule has 2 N–H and O–H groups in total. The number of nitrogens with two attached hydrogens (primary N) is 1. The van der Waals surface area contributed by atoms with Crippen molar-refractivity contribution >= 4 is 22.2 Å². The Morgan fingerprint density at radius 3 is 2.00 bits per heavy atom. The van der Waals surface area contributed by atoms with Gasteiger partial charge in [-0.2, -0.15) is 0 Å². The van der Waals surface area contributed by atoms with Crippen LogP contribution < -0.4 is 5.73 Å². The van der Waals surface area contributed by atoms with Gasteiger partial charge >= 0.3 is 0 Å². The zero-order chi connectivity index (χ0) is 10.8. The average molecular weight is 250 g/mol. The van der Waals surface area contributed by atoms with Gasteiger partial charge in [-0.15, -0.1) is 12.4 Å². The topological polar surface area (TPSA) is 60.2 Å². The highest BCUT2D eigenvalue weighted by Gasteiger charge is 2.18. The van der Waals surface area contributed by atoms with Crippen LogP contribution in [0.5, 0.6) is 0 Å². The highest BCUT2D eigenvalue weighted by Crippen LogP contribution is 2.16. The largest absolute Gasteiger partial charge is 0.326 e. The molecule has 0 spiro atoms. The average Bonchev–Trinajstić information content (AvgIpc) is 2.17. The maximum absolute atomic E-state index is 11.7. The number of halogens is 1. The maximum atomic E-state index is 11.7. The fourth-order valence-electron chi connectivity index (χ4n) is 1.09. The Morgan fingerprint density at radius 2 is 1.67 bits per heavy atom. The Balaban J connectivity index is 0.00000196. The summed E-state index contributed by atoms with van der Waals surface area (Å²) in [7, 11) is -3.14. The zero-order valence-corrected chi connectivity index (χ0v) is 10.4. The Hall–Kier alpha value is -0.580. The maximum Gasteiger partial charge on any atom is 0.180 e. The van der Waals surface area contributed by atoms with Crippen LogP contribution in [0.25, 0.3) is 0 Å². The van der Waals surface area contributed by atoms with Gasteiger partial charge in [0, 0.05) is 6.54 Å². The lowest BCUT2D eigenvalue weighted by atomic mass is 10.2. The molecule has 86 valence electrons. The standard InChI is InChI=1S/C10H15NO2S.ClH/c1-8(2)14(12,13)10-5-3-9(7-11)4-6-10;/h3-6,8H,7,11H2,1-2H3;1H. The van der Waals surface area contributed by atoms with Gasteiger partial charge in [-0.05, 0) is 31.5 Å². The van der Waals surface area contributed by atoms with Crippen molar-refractivity contribution < 1.29 is 8.42 Å². The highest BCUT2D eigenvalue weighted by molar-refractivity contribution is 7.92. The Bertz CT molecular complexity index is 398. The summed E-state index contributed by atoms with van der Waals surface area (Å²) in [5.74, 6) is 0. The van der Waals surface area contributed by atoms with Crippen LogP contribution in [0.1, 0.15) is 19.4 Å². The third-order valence-electron chi connectivity index (χ3n) is 2.11. The second kappa shape index (κ2) is 5.49. The summed E-state index contributed by atoms with van der Waals surface area (Å²) in [5.41, 5.74) is 6.36. The quantitative estimate of drug-likeness (QED) is 0.888. The zero-order valence-electron chi connectivity index (χ0n) is 8.80. The molecule has 5 heteroatoms. The van der Waals surface area contributed by atoms with E-state index in [9.17, 15) is 8.42 Å². The number of sulfone groups is 1. The summed E-state index contributed by atoms with van der Waals surface area (Å²) < 4.78 is 23.4. The van der Waals surface area contributed by atoms with Gasteiger partial charge in [-0.3, -0.25) is 0 Å². The minimum Gasteiger partial charge on any atom is -0.326 e. The van der Waals surface area contributed by atoms with Gasteiger partial charge in [0.15, 0.2) is 9.84 Å². The molecule has 0 bridgehead atoms. The fraction of sp³-hybridized carbons (Fsp3) is 0.400. The van der Waals surface area contributed by atoms with E-state index >= 15 is 0 Å². The van der Waals surface area contributed by atoms with Crippen molar-refractivity contribution in [3.05, 3.63) is 29.8 Å². The number of hydrogen-bond acceptors (Lipinski definition) is 3. The third-order valence-corrected chi connectivity index (χ3v) is 4.28. The lowest BCUT2D eigenvalue weighted by Crippen LogP contribution is -2.13. The van der Waals surface area contributed by atoms with Gasteiger partial charge in [0.1, 0.15) is 0 Å². The number of benzene rings is 1. The highest BCUT2D eigenvalue weighted by atomic mass is 35.5. The normalized spacial score (nSPS) is 11.2. The summed E-state index contributed by atoms with van der Waals surface area (Å²) in [4.78, 5) is 0.365. The van der Waals surface area contributed by atoms with Crippen LogP contribution in [0, 0.1) is 0 Å². The van der Waals surface area contributed by atoms with E-state index in [1.54, 1.807) is 38.1 Å². The van der Waals surface area contributed by atoms with E-state index in [0.717, 1.165) is 5.56 Å². The minimum atomic E-state index is -3.14. The second-order valence-electron chi connectivity index (χ2n) is 3.44. The van der Waals surface area contributed by atoms with Crippen molar-refractivity contribution in [1.29, 1.82) is 0 Å². The van der Waals surface area contributed by atoms with Crippen LogP contribution in [0.15, 0.2) is 29.2 Å². The molecule has 0 atom stereocenters. The van der Waals surface area contributed by atoms with Gasteiger partial charge in [0.25, 0.3) is 0 Å². The molecule has 0 heterocycles. The molecule has 0 amide bonds. The van der Waals surface area contributed by atoms with Gasteiger partial charge in [-0.1, -0.05) is 12.1 Å². The number of hydrogen-bond donors (Lipinski definition) is 1. The molecular formula is C10H16ClNO2S. The summed E-state index contributed by atoms with van der Waals surface area (Å²) >= 11 is 0. The molecule has 0 unspecified atom stereocenters. The van der Waals surface area contributed by atoms with Gasteiger partial charge in [0.05, 0.1) is 10.1 Å². The first kappa shape index (κ1) is 14.4. The first-order valence-electron chi connectivity index (χ1n) is 4.51. The van der Waals surface area contributed by atoms with Crippen molar-refractivity contribution in [2.45, 2.75) is 30.5 Å². The van der Waals surface area contributed by atoms with Crippen molar-refractivity contribution in [1.82, 2.24) is 0 Å². The van der Waals surface area contributed by atoms with Crippen molar-refractivity contribution in [3.63, 3.8) is 0 Å². The Kier molecular flexibility index (Phi) is 5.28. The Labute approximate surface area is 97.0 Å². The van der Waals surface area contributed by atoms with Crippen LogP contribution in [0.4, 0.5) is 0 Å². The van der Waals surface area contributed by atoms with Crippen LogP contribution in [-0.4, -0.2) is 13.7 Å². The van der Waals surface area contributed by atoms with Gasteiger partial charge in [0.2, 0.25) is 0 Å². The summed E-state index contributed by atoms with van der Waals surface area (Å²) in [6, 6.07) is 6.71. The molecule has 1 aromatic rings. The smallest absolute Gasteiger partial charge is 0.180 e. The molecule has 3 nitrogen and oxygen atoms in total. The van der Waals surface area contributed by atoms with E-state index in [4.69, 9.17) is 5.73 Å². The first-order chi connectivity index (χ1) is 6.48. The fourth-order valence-corrected chi connectivity index (χ4v) is 2.15. The minimum absolute atomic E-state index is 0. The molecular weight excluding hydrogens is 234 g/mol. The Morgan fingerprint density at radius 1 is 1.20 bits per heavy atom. The van der Waals surface area contributed by atoms with E-state index < -0.39 is 9.84 Å². The molecule has 1 rings (SSSR count). The van der Waals surface area contributed by atoms with Crippen LogP contribution in [-0.2, 0) is 16.4 Å². The predicted octanol–water partition coefficient (Wildman–Crippen LogP) is 1.75. The monoisotopic (exact) mass is 249 g/mol. The first-order valence-corrected chi connectivity index (χ1v) is 6.06. The van der Waals surface area contributed by atoms with Gasteiger partial charge in [-0.25, -0.2) is 8.42 Å². The lowest BCUT2D eigenvalue weighted by Gasteiger charge is -2.07. The lowest BCUT2D eigenvalue weighted by molar-refractivity contribution is 0.587. The van der Waals surface area contributed by atoms with Crippen molar-refractivity contribution in [2.75, 3.05) is 0 Å². The molecule has 0 fully saturated rings. The molecule has 0 aliphatic heterocycles. The molecule has 0 radical (unpaired) electrons. The summed E-state index contributed by atoms with van der Waals surface area (Å²) in [6.07, 6.45) is 0. The third kappa shape index (κ3) is 3.19. The molecule has 0 aliphatic rings. The van der Waals surface area contributed by atoms with Crippen LogP contribution >= 0.6 is 12.4 Å². The van der Waals surface area contributed by atoms with Crippen molar-refractivity contribution in [3.8, 4) is 0 Å². The SMILES string of the molecule is CC(C)S(=O)(=O)c1ccc(CN)cc1.Cl. The van der Waals surface area contributed by atoms with Gasteiger partial charge < -0.3 is 5.73 Å². The van der Waals surface area contributed by atoms with E-state index in [-0.39, 0.29) is 17.7 Å². The molecule has 0 saturated heterocycles. The predicted molar refractivity (Wildman–Crippen MR) is 63.9 cm³/mol. The van der Waals surface area contributed by atoms with E-state index in [2.05, 4.69) is 0 Å². The molecule has 0 saturated carbocycles. The van der Waals surface area contributed by atoms with E-state index in [1.807, 2.05) is 0 Å². The van der Waals surface area contributed by atoms with E-state index in [0.29, 0.717) is 11.4 Å². The van der Waals surface area contributed by atoms with E-state index in [1.165, 1.54) is 0 Å². The number of rotatable bonds is 3. The summed E-state index contributed by atoms with van der Waals surface area (Å²) in [5, 5.41) is -0.383. The van der Waals surface area contributed by atoms with Crippen LogP contribution in [0.2, 0.25) is 0 Å². The van der Waals surface area contributed by atoms with Crippen LogP contribution in [0.3, 0.4) is 0 Å². The van der Waals surface area contributed by atoms with Crippen molar-refractivity contribution in [2.24, 2.45) is 5.73 Å². The molecule has 15 heavy (non-hydrogen) atoms. The molecule has 0 aliphatic carbocycles. The molecule has 0 aromatic heterocycles. The molecule has 1 aromatic carbocycles. The summed E-state index contributed by atoms with van der Waals surface area (Å²) in [6.45, 7) is 3.78.